The minimum Gasteiger partial charge on any atom is -0.481 e. The van der Waals surface area contributed by atoms with E-state index in [1.165, 1.54) is 11.3 Å². The van der Waals surface area contributed by atoms with Crippen molar-refractivity contribution in [2.75, 3.05) is 0 Å². The van der Waals surface area contributed by atoms with Gasteiger partial charge in [0.05, 0.1) is 12.1 Å². The monoisotopic (exact) mass is 194 g/mol. The predicted octanol–water partition coefficient (Wildman–Crippen LogP) is 1.24. The van der Waals surface area contributed by atoms with Crippen molar-refractivity contribution in [2.45, 2.75) is 26.2 Å². The Labute approximate surface area is 82.3 Å². The molecule has 0 amide bonds. The van der Waals surface area contributed by atoms with Crippen molar-refractivity contribution < 1.29 is 9.90 Å². The summed E-state index contributed by atoms with van der Waals surface area (Å²) in [5.74, 6) is -0.683. The Balaban J connectivity index is 2.11. The lowest BCUT2D eigenvalue weighted by Gasteiger charge is -2.24. The third-order valence-corrected chi connectivity index (χ3v) is 3.15. The highest BCUT2D eigenvalue weighted by molar-refractivity contribution is 5.70. The maximum Gasteiger partial charge on any atom is 0.306 e. The first-order valence-corrected chi connectivity index (χ1v) is 4.92. The van der Waals surface area contributed by atoms with E-state index in [0.717, 1.165) is 19.3 Å². The molecule has 1 heterocycles. The fourth-order valence-electron chi connectivity index (χ4n) is 2.07. The van der Waals surface area contributed by atoms with E-state index in [9.17, 15) is 4.79 Å². The summed E-state index contributed by atoms with van der Waals surface area (Å²) in [5.41, 5.74) is 2.37. The molecule has 0 saturated carbocycles. The standard InChI is InChI=1S/C10H14N2O2/c1-6(10(13)14)7-2-3-9-8(4-7)5-11-12-9/h5-7H,2-4H2,1H3,(H,11,12)(H,13,14). The van der Waals surface area contributed by atoms with Crippen LogP contribution in [0.5, 0.6) is 0 Å². The molecule has 0 aromatic carbocycles. The Kier molecular flexibility index (Phi) is 2.27. The molecule has 2 atom stereocenters. The average molecular weight is 194 g/mol. The van der Waals surface area contributed by atoms with Gasteiger partial charge in [-0.15, -0.1) is 0 Å². The Bertz CT molecular complexity index is 346. The van der Waals surface area contributed by atoms with Crippen molar-refractivity contribution in [3.63, 3.8) is 0 Å². The Morgan fingerprint density at radius 3 is 3.29 bits per heavy atom. The second-order valence-corrected chi connectivity index (χ2v) is 4.00. The Morgan fingerprint density at radius 1 is 1.79 bits per heavy atom. The van der Waals surface area contributed by atoms with Crippen molar-refractivity contribution in [3.8, 4) is 0 Å². The second-order valence-electron chi connectivity index (χ2n) is 4.00. The number of rotatable bonds is 2. The molecule has 4 nitrogen and oxygen atoms in total. The topological polar surface area (TPSA) is 66.0 Å². The van der Waals surface area contributed by atoms with Gasteiger partial charge < -0.3 is 5.11 Å². The summed E-state index contributed by atoms with van der Waals surface area (Å²) in [6, 6.07) is 0. The molecule has 2 unspecified atom stereocenters. The third-order valence-electron chi connectivity index (χ3n) is 3.15. The number of aryl methyl sites for hydroxylation is 1. The summed E-state index contributed by atoms with van der Waals surface area (Å²) in [7, 11) is 0. The summed E-state index contributed by atoms with van der Waals surface area (Å²) in [5, 5.41) is 15.8. The summed E-state index contributed by atoms with van der Waals surface area (Å²) >= 11 is 0. The summed E-state index contributed by atoms with van der Waals surface area (Å²) in [6.07, 6.45) is 4.54. The fraction of sp³-hybridized carbons (Fsp3) is 0.600. The van der Waals surface area contributed by atoms with Crippen LogP contribution in [0.2, 0.25) is 0 Å². The van der Waals surface area contributed by atoms with Crippen LogP contribution in [0.25, 0.3) is 0 Å². The molecule has 0 aliphatic heterocycles. The van der Waals surface area contributed by atoms with Crippen LogP contribution in [0.15, 0.2) is 6.20 Å². The number of carboxylic acids is 1. The van der Waals surface area contributed by atoms with E-state index >= 15 is 0 Å². The third kappa shape index (κ3) is 1.52. The van der Waals surface area contributed by atoms with Crippen LogP contribution in [-0.4, -0.2) is 21.3 Å². The molecule has 1 aromatic rings. The molecule has 2 rings (SSSR count). The van der Waals surface area contributed by atoms with Crippen molar-refractivity contribution in [3.05, 3.63) is 17.5 Å². The number of hydrogen-bond donors (Lipinski definition) is 2. The first-order valence-electron chi connectivity index (χ1n) is 4.92. The van der Waals surface area contributed by atoms with E-state index in [0.29, 0.717) is 0 Å². The van der Waals surface area contributed by atoms with Gasteiger partial charge in [-0.3, -0.25) is 9.89 Å². The number of carboxylic acid groups (broad SMARTS) is 1. The summed E-state index contributed by atoms with van der Waals surface area (Å²) < 4.78 is 0. The minimum atomic E-state index is -0.693. The van der Waals surface area contributed by atoms with Gasteiger partial charge >= 0.3 is 5.97 Å². The Morgan fingerprint density at radius 2 is 2.57 bits per heavy atom. The van der Waals surface area contributed by atoms with Gasteiger partial charge in [-0.05, 0) is 30.7 Å². The fourth-order valence-corrected chi connectivity index (χ4v) is 2.07. The number of aromatic nitrogens is 2. The zero-order valence-corrected chi connectivity index (χ0v) is 8.16. The highest BCUT2D eigenvalue weighted by Crippen LogP contribution is 2.29. The van der Waals surface area contributed by atoms with Crippen molar-refractivity contribution in [2.24, 2.45) is 11.8 Å². The largest absolute Gasteiger partial charge is 0.481 e. The van der Waals surface area contributed by atoms with Crippen LogP contribution in [0.3, 0.4) is 0 Å². The SMILES string of the molecule is CC(C(=O)O)C1CCc2[nH]ncc2C1. The van der Waals surface area contributed by atoms with Gasteiger partial charge in [0.25, 0.3) is 0 Å². The van der Waals surface area contributed by atoms with E-state index in [2.05, 4.69) is 10.2 Å². The number of fused-ring (bicyclic) bond motifs is 1. The molecule has 0 fully saturated rings. The normalized spacial score (nSPS) is 22.8. The van der Waals surface area contributed by atoms with E-state index in [-0.39, 0.29) is 11.8 Å². The number of carbonyl (C=O) groups is 1. The molecule has 1 aliphatic rings. The average Bonchev–Trinajstić information content (AvgIpc) is 2.62. The molecule has 0 saturated heterocycles. The molecule has 1 aromatic heterocycles. The van der Waals surface area contributed by atoms with Crippen LogP contribution < -0.4 is 0 Å². The number of nitrogens with zero attached hydrogens (tertiary/aromatic N) is 1. The van der Waals surface area contributed by atoms with Crippen LogP contribution in [0, 0.1) is 11.8 Å². The van der Waals surface area contributed by atoms with Gasteiger partial charge in [0, 0.05) is 5.69 Å². The highest BCUT2D eigenvalue weighted by Gasteiger charge is 2.28. The quantitative estimate of drug-likeness (QED) is 0.744. The van der Waals surface area contributed by atoms with Crippen molar-refractivity contribution in [1.82, 2.24) is 10.2 Å². The first-order chi connectivity index (χ1) is 6.68. The molecular formula is C10H14N2O2. The van der Waals surface area contributed by atoms with Crippen LogP contribution in [-0.2, 0) is 17.6 Å². The van der Waals surface area contributed by atoms with E-state index in [1.807, 2.05) is 6.20 Å². The molecule has 2 N–H and O–H groups in total. The molecular weight excluding hydrogens is 180 g/mol. The zero-order valence-electron chi connectivity index (χ0n) is 8.16. The number of nitrogens with one attached hydrogen (secondary N) is 1. The molecule has 1 aliphatic carbocycles. The van der Waals surface area contributed by atoms with Crippen LogP contribution in [0.1, 0.15) is 24.6 Å². The number of H-pyrrole nitrogens is 1. The Hall–Kier alpha value is -1.32. The smallest absolute Gasteiger partial charge is 0.306 e. The lowest BCUT2D eigenvalue weighted by Crippen LogP contribution is -2.25. The maximum atomic E-state index is 10.8. The second kappa shape index (κ2) is 3.44. The molecule has 0 bridgehead atoms. The molecule has 76 valence electrons. The highest BCUT2D eigenvalue weighted by atomic mass is 16.4. The van der Waals surface area contributed by atoms with E-state index < -0.39 is 5.97 Å². The molecule has 14 heavy (non-hydrogen) atoms. The number of hydrogen-bond acceptors (Lipinski definition) is 2. The van der Waals surface area contributed by atoms with Gasteiger partial charge in [0.1, 0.15) is 0 Å². The number of aromatic amines is 1. The lowest BCUT2D eigenvalue weighted by molar-refractivity contribution is -0.143. The van der Waals surface area contributed by atoms with Gasteiger partial charge in [-0.25, -0.2) is 0 Å². The zero-order chi connectivity index (χ0) is 10.1. The molecule has 4 heteroatoms. The van der Waals surface area contributed by atoms with Gasteiger partial charge in [0.2, 0.25) is 0 Å². The summed E-state index contributed by atoms with van der Waals surface area (Å²) in [6.45, 7) is 1.79. The van der Waals surface area contributed by atoms with Crippen molar-refractivity contribution in [1.29, 1.82) is 0 Å². The van der Waals surface area contributed by atoms with Gasteiger partial charge in [-0.1, -0.05) is 6.92 Å². The number of aliphatic carboxylic acids is 1. The summed E-state index contributed by atoms with van der Waals surface area (Å²) in [4.78, 5) is 10.8. The van der Waals surface area contributed by atoms with Gasteiger partial charge in [-0.2, -0.15) is 5.10 Å². The first kappa shape index (κ1) is 9.24. The van der Waals surface area contributed by atoms with Crippen LogP contribution >= 0.6 is 0 Å². The minimum absolute atomic E-state index is 0.252. The maximum absolute atomic E-state index is 10.8. The van der Waals surface area contributed by atoms with Crippen molar-refractivity contribution >= 4 is 5.97 Å². The lowest BCUT2D eigenvalue weighted by atomic mass is 9.80. The van der Waals surface area contributed by atoms with Gasteiger partial charge in [0.15, 0.2) is 0 Å². The van der Waals surface area contributed by atoms with E-state index in [1.54, 1.807) is 6.92 Å². The van der Waals surface area contributed by atoms with E-state index in [4.69, 9.17) is 5.11 Å². The predicted molar refractivity (Wildman–Crippen MR) is 50.9 cm³/mol. The molecule has 0 spiro atoms. The van der Waals surface area contributed by atoms with Crippen LogP contribution in [0.4, 0.5) is 0 Å². The molecule has 0 radical (unpaired) electrons.